The highest BCUT2D eigenvalue weighted by Crippen LogP contribution is 2.09. The molecule has 3 heteroatoms. The van der Waals surface area contributed by atoms with E-state index in [4.69, 9.17) is 11.2 Å². The second kappa shape index (κ2) is 12.8. The van der Waals surface area contributed by atoms with Gasteiger partial charge in [0.1, 0.15) is 0 Å². The molecule has 0 heterocycles. The molecule has 16 heavy (non-hydrogen) atoms. The van der Waals surface area contributed by atoms with E-state index in [0.29, 0.717) is 6.61 Å². The Balaban J connectivity index is 2.99. The Morgan fingerprint density at radius 2 is 1.50 bits per heavy atom. The Hall–Kier alpha value is -0.240. The van der Waals surface area contributed by atoms with Gasteiger partial charge in [-0.2, -0.15) is 0 Å². The topological polar surface area (TPSA) is 26.3 Å². The summed E-state index contributed by atoms with van der Waals surface area (Å²) in [5.74, 6) is 1.39. The van der Waals surface area contributed by atoms with Gasteiger partial charge in [-0.1, -0.05) is 61.1 Å². The number of ether oxygens (including phenoxy) is 1. The molecule has 0 rings (SSSR count). The predicted molar refractivity (Wildman–Crippen MR) is 75.6 cm³/mol. The van der Waals surface area contributed by atoms with Crippen molar-refractivity contribution in [2.24, 2.45) is 0 Å². The fourth-order valence-corrected chi connectivity index (χ4v) is 2.00. The van der Waals surface area contributed by atoms with Gasteiger partial charge in [-0.15, -0.1) is 6.42 Å². The highest BCUT2D eigenvalue weighted by atomic mass is 127. The average Bonchev–Trinajstić information content (AvgIpc) is 2.31. The standard InChI is InChI=1S/C13H21IO2/c1-2-13(15)16-12-10-8-6-4-3-5-7-9-11-14/h1H,3-12H2. The third kappa shape index (κ3) is 11.8. The molecule has 0 bridgehead atoms. The molecule has 0 aromatic heterocycles. The molecule has 0 aliphatic carbocycles. The van der Waals surface area contributed by atoms with Crippen LogP contribution >= 0.6 is 22.6 Å². The van der Waals surface area contributed by atoms with Crippen molar-refractivity contribution in [1.82, 2.24) is 0 Å². The number of hydrogen-bond acceptors (Lipinski definition) is 2. The van der Waals surface area contributed by atoms with Crippen molar-refractivity contribution in [1.29, 1.82) is 0 Å². The number of carbonyl (C=O) groups excluding carboxylic acids is 1. The van der Waals surface area contributed by atoms with E-state index in [1.807, 2.05) is 5.92 Å². The molecule has 0 saturated heterocycles. The Labute approximate surface area is 113 Å². The van der Waals surface area contributed by atoms with Gasteiger partial charge in [-0.05, 0) is 17.3 Å². The molecule has 0 radical (unpaired) electrons. The summed E-state index contributed by atoms with van der Waals surface area (Å²) in [5.41, 5.74) is 0. The summed E-state index contributed by atoms with van der Waals surface area (Å²) in [6.45, 7) is 0.470. The molecule has 0 aliphatic heterocycles. The maximum absolute atomic E-state index is 10.6. The van der Waals surface area contributed by atoms with Crippen LogP contribution in [-0.4, -0.2) is 17.0 Å². The molecule has 0 N–H and O–H groups in total. The van der Waals surface area contributed by atoms with Gasteiger partial charge < -0.3 is 4.74 Å². The maximum Gasteiger partial charge on any atom is 0.384 e. The molecule has 0 fully saturated rings. The van der Waals surface area contributed by atoms with Crippen LogP contribution in [0.15, 0.2) is 0 Å². The highest BCUT2D eigenvalue weighted by Gasteiger charge is 1.96. The minimum atomic E-state index is -0.543. The lowest BCUT2D eigenvalue weighted by Crippen LogP contribution is -2.02. The minimum Gasteiger partial charge on any atom is -0.456 e. The van der Waals surface area contributed by atoms with Crippen molar-refractivity contribution in [3.05, 3.63) is 0 Å². The number of alkyl halides is 1. The summed E-state index contributed by atoms with van der Waals surface area (Å²) >= 11 is 2.42. The number of esters is 1. The van der Waals surface area contributed by atoms with E-state index in [0.717, 1.165) is 12.8 Å². The first-order valence-electron chi connectivity index (χ1n) is 6.00. The molecule has 0 unspecified atom stereocenters. The fourth-order valence-electron chi connectivity index (χ4n) is 1.46. The molecule has 0 aromatic carbocycles. The number of carbonyl (C=O) groups is 1. The summed E-state index contributed by atoms with van der Waals surface area (Å²) in [7, 11) is 0. The van der Waals surface area contributed by atoms with E-state index < -0.39 is 5.97 Å². The van der Waals surface area contributed by atoms with Gasteiger partial charge in [0.25, 0.3) is 0 Å². The molecule has 0 aliphatic rings. The van der Waals surface area contributed by atoms with Crippen LogP contribution in [0.3, 0.4) is 0 Å². The van der Waals surface area contributed by atoms with Crippen molar-refractivity contribution in [3.8, 4) is 12.3 Å². The van der Waals surface area contributed by atoms with Crippen molar-refractivity contribution >= 4 is 28.6 Å². The molecular weight excluding hydrogens is 315 g/mol. The zero-order chi connectivity index (χ0) is 12.1. The first kappa shape index (κ1) is 15.8. The first-order valence-corrected chi connectivity index (χ1v) is 7.53. The van der Waals surface area contributed by atoms with E-state index in [-0.39, 0.29) is 0 Å². The van der Waals surface area contributed by atoms with E-state index in [9.17, 15) is 4.79 Å². The summed E-state index contributed by atoms with van der Waals surface area (Å²) < 4.78 is 6.05. The molecule has 0 saturated carbocycles. The Morgan fingerprint density at radius 1 is 1.00 bits per heavy atom. The van der Waals surface area contributed by atoms with Gasteiger partial charge >= 0.3 is 5.97 Å². The van der Waals surface area contributed by atoms with E-state index in [1.54, 1.807) is 0 Å². The van der Waals surface area contributed by atoms with Crippen LogP contribution in [-0.2, 0) is 9.53 Å². The van der Waals surface area contributed by atoms with Crippen LogP contribution in [0.4, 0.5) is 0 Å². The predicted octanol–water partition coefficient (Wildman–Crippen LogP) is 3.72. The number of unbranched alkanes of at least 4 members (excludes halogenated alkanes) is 7. The van der Waals surface area contributed by atoms with Gasteiger partial charge in [0.2, 0.25) is 0 Å². The van der Waals surface area contributed by atoms with Crippen LogP contribution in [0, 0.1) is 12.3 Å². The number of halogens is 1. The monoisotopic (exact) mass is 336 g/mol. The van der Waals surface area contributed by atoms with Crippen LogP contribution in [0.1, 0.15) is 51.4 Å². The summed E-state index contributed by atoms with van der Waals surface area (Å²) in [4.78, 5) is 10.6. The summed E-state index contributed by atoms with van der Waals surface area (Å²) in [6, 6.07) is 0. The zero-order valence-electron chi connectivity index (χ0n) is 9.84. The molecule has 0 amide bonds. The normalized spacial score (nSPS) is 9.75. The maximum atomic E-state index is 10.6. The van der Waals surface area contributed by atoms with Gasteiger partial charge in [0.15, 0.2) is 0 Å². The smallest absolute Gasteiger partial charge is 0.384 e. The van der Waals surface area contributed by atoms with Gasteiger partial charge in [-0.25, -0.2) is 4.79 Å². The Kier molecular flexibility index (Phi) is 12.6. The van der Waals surface area contributed by atoms with Gasteiger partial charge in [-0.3, -0.25) is 0 Å². The molecule has 92 valence electrons. The van der Waals surface area contributed by atoms with Crippen molar-refractivity contribution in [2.45, 2.75) is 51.4 Å². The number of rotatable bonds is 10. The largest absolute Gasteiger partial charge is 0.456 e. The Bertz CT molecular complexity index is 208. The number of terminal acetylenes is 1. The molecule has 0 atom stereocenters. The third-order valence-electron chi connectivity index (χ3n) is 2.38. The lowest BCUT2D eigenvalue weighted by Gasteiger charge is -2.02. The van der Waals surface area contributed by atoms with Crippen LogP contribution in [0.25, 0.3) is 0 Å². The lowest BCUT2D eigenvalue weighted by atomic mass is 10.1. The van der Waals surface area contributed by atoms with Crippen LogP contribution in [0.5, 0.6) is 0 Å². The highest BCUT2D eigenvalue weighted by molar-refractivity contribution is 14.1. The lowest BCUT2D eigenvalue weighted by molar-refractivity contribution is -0.136. The summed E-state index contributed by atoms with van der Waals surface area (Å²) in [5, 5.41) is 0. The van der Waals surface area contributed by atoms with Crippen molar-refractivity contribution in [2.75, 3.05) is 11.0 Å². The fraction of sp³-hybridized carbons (Fsp3) is 0.769. The van der Waals surface area contributed by atoms with Crippen LogP contribution in [0.2, 0.25) is 0 Å². The van der Waals surface area contributed by atoms with E-state index >= 15 is 0 Å². The van der Waals surface area contributed by atoms with Crippen molar-refractivity contribution in [3.63, 3.8) is 0 Å². The van der Waals surface area contributed by atoms with Gasteiger partial charge in [0.05, 0.1) is 6.61 Å². The molecular formula is C13H21IO2. The SMILES string of the molecule is C#CC(=O)OCCCCCCCCCCI. The molecule has 2 nitrogen and oxygen atoms in total. The second-order valence-electron chi connectivity index (χ2n) is 3.80. The third-order valence-corrected chi connectivity index (χ3v) is 3.14. The van der Waals surface area contributed by atoms with Gasteiger partial charge in [0, 0.05) is 5.92 Å². The quantitative estimate of drug-likeness (QED) is 0.152. The van der Waals surface area contributed by atoms with Crippen LogP contribution < -0.4 is 0 Å². The van der Waals surface area contributed by atoms with E-state index in [1.165, 1.54) is 43.0 Å². The average molecular weight is 336 g/mol. The first-order chi connectivity index (χ1) is 7.81. The second-order valence-corrected chi connectivity index (χ2v) is 4.88. The summed E-state index contributed by atoms with van der Waals surface area (Å²) in [6.07, 6.45) is 14.9. The van der Waals surface area contributed by atoms with Crippen molar-refractivity contribution < 1.29 is 9.53 Å². The molecule has 0 aromatic rings. The molecule has 0 spiro atoms. The minimum absolute atomic E-state index is 0.470. The number of hydrogen-bond donors (Lipinski definition) is 0. The Morgan fingerprint density at radius 3 is 2.00 bits per heavy atom. The zero-order valence-corrected chi connectivity index (χ0v) is 12.0. The van der Waals surface area contributed by atoms with E-state index in [2.05, 4.69) is 22.6 Å².